The van der Waals surface area contributed by atoms with Gasteiger partial charge in [-0.1, -0.05) is 30.3 Å². The summed E-state index contributed by atoms with van der Waals surface area (Å²) in [6.07, 6.45) is 0. The van der Waals surface area contributed by atoms with E-state index in [0.717, 1.165) is 25.5 Å². The van der Waals surface area contributed by atoms with Gasteiger partial charge in [0.15, 0.2) is 0 Å². The van der Waals surface area contributed by atoms with Gasteiger partial charge in [-0.05, 0) is 24.7 Å². The van der Waals surface area contributed by atoms with E-state index in [4.69, 9.17) is 11.5 Å². The fourth-order valence-corrected chi connectivity index (χ4v) is 2.79. The number of nitrogens with two attached hydrogens (primary N) is 2. The molecule has 1 aromatic carbocycles. The minimum Gasteiger partial charge on any atom is -0.396 e. The maximum Gasteiger partial charge on any atom is 0.149 e. The van der Waals surface area contributed by atoms with Crippen LogP contribution in [-0.4, -0.2) is 36.6 Å². The monoisotopic (exact) mass is 283 g/mol. The van der Waals surface area contributed by atoms with Gasteiger partial charge in [-0.2, -0.15) is 0 Å². The van der Waals surface area contributed by atoms with Crippen molar-refractivity contribution in [2.45, 2.75) is 6.04 Å². The van der Waals surface area contributed by atoms with Crippen LogP contribution in [0.5, 0.6) is 0 Å². The Morgan fingerprint density at radius 2 is 1.81 bits per heavy atom. The van der Waals surface area contributed by atoms with Crippen molar-refractivity contribution in [3.8, 4) is 0 Å². The molecule has 5 heteroatoms. The molecule has 0 saturated carbocycles. The summed E-state index contributed by atoms with van der Waals surface area (Å²) < 4.78 is 0. The third kappa shape index (κ3) is 2.78. The second-order valence-electron chi connectivity index (χ2n) is 5.53. The van der Waals surface area contributed by atoms with Crippen LogP contribution in [0.4, 0.5) is 17.3 Å². The highest BCUT2D eigenvalue weighted by molar-refractivity contribution is 5.62. The van der Waals surface area contributed by atoms with Crippen LogP contribution in [0.2, 0.25) is 0 Å². The summed E-state index contributed by atoms with van der Waals surface area (Å²) in [4.78, 5) is 9.11. The van der Waals surface area contributed by atoms with Gasteiger partial charge >= 0.3 is 0 Å². The summed E-state index contributed by atoms with van der Waals surface area (Å²) in [6.45, 7) is 2.90. The van der Waals surface area contributed by atoms with E-state index in [1.807, 2.05) is 18.2 Å². The van der Waals surface area contributed by atoms with E-state index < -0.39 is 0 Å². The zero-order chi connectivity index (χ0) is 14.8. The normalized spacial score (nSPS) is 19.7. The van der Waals surface area contributed by atoms with E-state index in [9.17, 15) is 0 Å². The number of hydrogen-bond acceptors (Lipinski definition) is 5. The molecule has 21 heavy (non-hydrogen) atoms. The third-order valence-corrected chi connectivity index (χ3v) is 4.00. The molecule has 0 radical (unpaired) electrons. The number of nitrogen functional groups attached to an aromatic ring is 2. The van der Waals surface area contributed by atoms with Gasteiger partial charge in [-0.3, -0.25) is 0 Å². The van der Waals surface area contributed by atoms with Crippen LogP contribution in [0.25, 0.3) is 0 Å². The molecule has 0 spiro atoms. The summed E-state index contributed by atoms with van der Waals surface area (Å²) in [5.41, 5.74) is 13.5. The highest BCUT2D eigenvalue weighted by atomic mass is 15.3. The molecule has 110 valence electrons. The summed E-state index contributed by atoms with van der Waals surface area (Å²) in [5, 5.41) is 0. The number of benzene rings is 1. The summed E-state index contributed by atoms with van der Waals surface area (Å²) in [6, 6.07) is 14.6. The average molecular weight is 283 g/mol. The molecule has 5 nitrogen and oxygen atoms in total. The molecule has 1 aliphatic rings. The topological polar surface area (TPSA) is 71.4 Å². The summed E-state index contributed by atoms with van der Waals surface area (Å²) in [7, 11) is 2.15. The Kier molecular flexibility index (Phi) is 3.66. The minimum atomic E-state index is 0.278. The quantitative estimate of drug-likeness (QED) is 0.878. The van der Waals surface area contributed by atoms with Crippen LogP contribution < -0.4 is 16.4 Å². The van der Waals surface area contributed by atoms with E-state index >= 15 is 0 Å². The molecule has 0 amide bonds. The highest BCUT2D eigenvalue weighted by Crippen LogP contribution is 2.30. The van der Waals surface area contributed by atoms with Gasteiger partial charge in [0.25, 0.3) is 0 Å². The Labute approximate surface area is 125 Å². The first-order valence-electron chi connectivity index (χ1n) is 7.17. The van der Waals surface area contributed by atoms with E-state index in [2.05, 4.69) is 46.1 Å². The number of hydrogen-bond donors (Lipinski definition) is 2. The van der Waals surface area contributed by atoms with Crippen LogP contribution in [0.3, 0.4) is 0 Å². The Morgan fingerprint density at radius 3 is 2.52 bits per heavy atom. The molecule has 3 rings (SSSR count). The van der Waals surface area contributed by atoms with Crippen molar-refractivity contribution >= 4 is 17.3 Å². The van der Waals surface area contributed by atoms with Crippen LogP contribution in [0.15, 0.2) is 42.5 Å². The average Bonchev–Trinajstić information content (AvgIpc) is 2.51. The predicted molar refractivity (Wildman–Crippen MR) is 87.1 cm³/mol. The van der Waals surface area contributed by atoms with Crippen molar-refractivity contribution in [2.75, 3.05) is 43.0 Å². The Hall–Kier alpha value is -2.27. The molecular weight excluding hydrogens is 262 g/mol. The van der Waals surface area contributed by atoms with E-state index in [0.29, 0.717) is 11.5 Å². The molecule has 0 bridgehead atoms. The van der Waals surface area contributed by atoms with Crippen molar-refractivity contribution in [1.82, 2.24) is 9.88 Å². The standard InChI is InChI=1S/C16H21N5/c1-20-9-10-21(15-8-7-13(17)16(18)19-15)14(11-20)12-5-3-2-4-6-12/h2-8,14H,9-11,17H2,1H3,(H2,18,19). The molecule has 1 atom stereocenters. The van der Waals surface area contributed by atoms with Gasteiger partial charge in [0.05, 0.1) is 11.7 Å². The van der Waals surface area contributed by atoms with Crippen LogP contribution in [0.1, 0.15) is 11.6 Å². The van der Waals surface area contributed by atoms with Crippen LogP contribution >= 0.6 is 0 Å². The van der Waals surface area contributed by atoms with Gasteiger partial charge in [0.1, 0.15) is 11.6 Å². The lowest BCUT2D eigenvalue weighted by molar-refractivity contribution is 0.268. The van der Waals surface area contributed by atoms with E-state index in [1.165, 1.54) is 5.56 Å². The van der Waals surface area contributed by atoms with Crippen molar-refractivity contribution in [2.24, 2.45) is 0 Å². The molecule has 4 N–H and O–H groups in total. The highest BCUT2D eigenvalue weighted by Gasteiger charge is 2.27. The molecule has 2 heterocycles. The lowest BCUT2D eigenvalue weighted by Crippen LogP contribution is -2.47. The van der Waals surface area contributed by atoms with E-state index in [-0.39, 0.29) is 6.04 Å². The first kappa shape index (κ1) is 13.7. The number of piperazine rings is 1. The minimum absolute atomic E-state index is 0.278. The zero-order valence-corrected chi connectivity index (χ0v) is 12.2. The third-order valence-electron chi connectivity index (χ3n) is 4.00. The first-order chi connectivity index (χ1) is 10.1. The zero-order valence-electron chi connectivity index (χ0n) is 12.2. The predicted octanol–water partition coefficient (Wildman–Crippen LogP) is 1.74. The Balaban J connectivity index is 1.96. The SMILES string of the molecule is CN1CCN(c2ccc(N)c(N)n2)C(c2ccccc2)C1. The van der Waals surface area contributed by atoms with E-state index in [1.54, 1.807) is 0 Å². The fraction of sp³-hybridized carbons (Fsp3) is 0.312. The van der Waals surface area contributed by atoms with Crippen molar-refractivity contribution in [3.05, 3.63) is 48.0 Å². The lowest BCUT2D eigenvalue weighted by Gasteiger charge is -2.41. The number of aromatic nitrogens is 1. The number of pyridine rings is 1. The number of nitrogens with zero attached hydrogens (tertiary/aromatic N) is 3. The number of rotatable bonds is 2. The van der Waals surface area contributed by atoms with Gasteiger partial charge in [-0.15, -0.1) is 0 Å². The second kappa shape index (κ2) is 5.61. The van der Waals surface area contributed by atoms with Crippen molar-refractivity contribution in [3.63, 3.8) is 0 Å². The number of anilines is 3. The molecule has 1 aliphatic heterocycles. The maximum absolute atomic E-state index is 5.87. The lowest BCUT2D eigenvalue weighted by atomic mass is 10.0. The van der Waals surface area contributed by atoms with Crippen molar-refractivity contribution < 1.29 is 0 Å². The Bertz CT molecular complexity index is 613. The first-order valence-corrected chi connectivity index (χ1v) is 7.17. The molecule has 1 aromatic heterocycles. The molecule has 2 aromatic rings. The van der Waals surface area contributed by atoms with Crippen LogP contribution in [-0.2, 0) is 0 Å². The number of likely N-dealkylation sites (N-methyl/N-ethyl adjacent to an activating group) is 1. The molecule has 0 aliphatic carbocycles. The molecule has 1 fully saturated rings. The second-order valence-corrected chi connectivity index (χ2v) is 5.53. The van der Waals surface area contributed by atoms with Gasteiger partial charge in [-0.25, -0.2) is 4.98 Å². The maximum atomic E-state index is 5.87. The fourth-order valence-electron chi connectivity index (χ4n) is 2.79. The molecule has 1 unspecified atom stereocenters. The summed E-state index contributed by atoms with van der Waals surface area (Å²) >= 11 is 0. The van der Waals surface area contributed by atoms with Crippen LogP contribution in [0, 0.1) is 0 Å². The van der Waals surface area contributed by atoms with Gasteiger partial charge in [0, 0.05) is 19.6 Å². The summed E-state index contributed by atoms with van der Waals surface area (Å²) in [5.74, 6) is 1.29. The van der Waals surface area contributed by atoms with Crippen molar-refractivity contribution in [1.29, 1.82) is 0 Å². The smallest absolute Gasteiger partial charge is 0.149 e. The Morgan fingerprint density at radius 1 is 1.05 bits per heavy atom. The molecule has 1 saturated heterocycles. The largest absolute Gasteiger partial charge is 0.396 e. The van der Waals surface area contributed by atoms with Gasteiger partial charge in [0.2, 0.25) is 0 Å². The molecular formula is C16H21N5. The van der Waals surface area contributed by atoms with Gasteiger partial charge < -0.3 is 21.3 Å².